The quantitative estimate of drug-likeness (QED) is 0.656. The van der Waals surface area contributed by atoms with E-state index < -0.39 is 17.7 Å². The van der Waals surface area contributed by atoms with Crippen LogP contribution in [0.5, 0.6) is 0 Å². The Labute approximate surface area is 145 Å². The van der Waals surface area contributed by atoms with Crippen molar-refractivity contribution in [2.24, 2.45) is 17.6 Å². The molecule has 8 heteroatoms. The second-order valence-electron chi connectivity index (χ2n) is 6.81. The molecule has 1 aliphatic carbocycles. The molecule has 2 heterocycles. The van der Waals surface area contributed by atoms with Crippen LogP contribution in [-0.2, 0) is 9.59 Å². The molecule has 1 saturated heterocycles. The number of nitrogens with two attached hydrogens (primary N) is 1. The van der Waals surface area contributed by atoms with Crippen LogP contribution in [0.15, 0.2) is 18.5 Å². The number of aliphatic hydroxyl groups excluding tert-OH is 1. The number of aliphatic hydroxyl groups is 1. The zero-order chi connectivity index (χ0) is 18.0. The minimum atomic E-state index is -0.752. The predicted molar refractivity (Wildman–Crippen MR) is 89.4 cm³/mol. The summed E-state index contributed by atoms with van der Waals surface area (Å²) in [6.07, 6.45) is 5.62. The van der Waals surface area contributed by atoms with Gasteiger partial charge in [0.05, 0.1) is 23.6 Å². The number of aromatic nitrogens is 1. The van der Waals surface area contributed by atoms with Crippen molar-refractivity contribution in [3.63, 3.8) is 0 Å². The molecule has 2 fully saturated rings. The van der Waals surface area contributed by atoms with Crippen molar-refractivity contribution in [1.82, 2.24) is 9.88 Å². The van der Waals surface area contributed by atoms with Crippen molar-refractivity contribution in [2.75, 3.05) is 18.4 Å². The third kappa shape index (κ3) is 3.96. The van der Waals surface area contributed by atoms with Gasteiger partial charge in [-0.3, -0.25) is 19.4 Å². The van der Waals surface area contributed by atoms with Crippen LogP contribution in [0.3, 0.4) is 0 Å². The van der Waals surface area contributed by atoms with E-state index in [-0.39, 0.29) is 17.4 Å². The van der Waals surface area contributed by atoms with Crippen molar-refractivity contribution < 1.29 is 19.5 Å². The van der Waals surface area contributed by atoms with E-state index >= 15 is 0 Å². The number of hydrogen-bond acceptors (Lipinski definition) is 5. The normalized spacial score (nSPS) is 25.8. The molecule has 0 spiro atoms. The number of nitrogens with one attached hydrogen (secondary N) is 1. The number of carbonyl (C=O) groups excluding carboxylic acids is 3. The molecular formula is C17H22N4O4. The predicted octanol–water partition coefficient (Wildman–Crippen LogP) is 0.128. The third-order valence-electron chi connectivity index (χ3n) is 5.10. The van der Waals surface area contributed by atoms with Crippen molar-refractivity contribution >= 4 is 23.4 Å². The Morgan fingerprint density at radius 1 is 1.20 bits per heavy atom. The molecule has 0 bridgehead atoms. The van der Waals surface area contributed by atoms with Gasteiger partial charge < -0.3 is 21.1 Å². The van der Waals surface area contributed by atoms with Crippen molar-refractivity contribution in [2.45, 2.75) is 31.8 Å². The maximum atomic E-state index is 12.4. The van der Waals surface area contributed by atoms with Crippen LogP contribution >= 0.6 is 0 Å². The number of carbonyl (C=O) groups is 3. The number of nitrogens with zero attached hydrogens (tertiary/aromatic N) is 2. The number of likely N-dealkylation sites (tertiary alicyclic amines) is 1. The van der Waals surface area contributed by atoms with E-state index in [0.717, 1.165) is 25.7 Å². The number of hydrogen-bond donors (Lipinski definition) is 3. The van der Waals surface area contributed by atoms with Crippen LogP contribution in [0.2, 0.25) is 0 Å². The summed E-state index contributed by atoms with van der Waals surface area (Å²) < 4.78 is 0. The van der Waals surface area contributed by atoms with Crippen molar-refractivity contribution in [3.05, 3.63) is 24.0 Å². The lowest BCUT2D eigenvalue weighted by atomic mass is 9.74. The average molecular weight is 346 g/mol. The molecule has 3 amide bonds. The molecule has 1 aliphatic heterocycles. The van der Waals surface area contributed by atoms with Crippen molar-refractivity contribution in [1.29, 1.82) is 0 Å². The maximum absolute atomic E-state index is 12.4. The van der Waals surface area contributed by atoms with Gasteiger partial charge in [-0.05, 0) is 43.6 Å². The maximum Gasteiger partial charge on any atom is 0.313 e. The van der Waals surface area contributed by atoms with Crippen molar-refractivity contribution in [3.8, 4) is 0 Å². The molecule has 134 valence electrons. The van der Waals surface area contributed by atoms with Gasteiger partial charge in [0.25, 0.3) is 0 Å². The molecule has 1 saturated carbocycles. The minimum absolute atomic E-state index is 0.159. The molecular weight excluding hydrogens is 324 g/mol. The van der Waals surface area contributed by atoms with Crippen LogP contribution in [-0.4, -0.2) is 51.9 Å². The van der Waals surface area contributed by atoms with E-state index in [0.29, 0.717) is 24.9 Å². The van der Waals surface area contributed by atoms with Gasteiger partial charge in [0.1, 0.15) is 0 Å². The number of fused-ring (bicyclic) bond motifs is 1. The van der Waals surface area contributed by atoms with Crippen LogP contribution < -0.4 is 11.1 Å². The molecule has 1 aromatic rings. The van der Waals surface area contributed by atoms with Gasteiger partial charge in [-0.15, -0.1) is 0 Å². The summed E-state index contributed by atoms with van der Waals surface area (Å²) in [6.45, 7) is 1.06. The molecule has 25 heavy (non-hydrogen) atoms. The molecule has 3 rings (SSSR count). The number of piperidine rings is 1. The van der Waals surface area contributed by atoms with Gasteiger partial charge in [-0.1, -0.05) is 0 Å². The zero-order valence-corrected chi connectivity index (χ0v) is 13.9. The van der Waals surface area contributed by atoms with E-state index in [1.165, 1.54) is 18.5 Å². The van der Waals surface area contributed by atoms with Gasteiger partial charge in [-0.25, -0.2) is 0 Å². The van der Waals surface area contributed by atoms with Crippen LogP contribution in [0.25, 0.3) is 0 Å². The first-order valence-electron chi connectivity index (χ1n) is 8.47. The first-order valence-corrected chi connectivity index (χ1v) is 8.47. The summed E-state index contributed by atoms with van der Waals surface area (Å²) in [5.74, 6) is -1.23. The largest absolute Gasteiger partial charge is 0.393 e. The van der Waals surface area contributed by atoms with Gasteiger partial charge in [0.15, 0.2) is 0 Å². The fourth-order valence-corrected chi connectivity index (χ4v) is 3.75. The zero-order valence-electron chi connectivity index (χ0n) is 13.9. The highest BCUT2D eigenvalue weighted by atomic mass is 16.3. The van der Waals surface area contributed by atoms with Crippen LogP contribution in [0.1, 0.15) is 36.0 Å². The Balaban J connectivity index is 1.60. The lowest BCUT2D eigenvalue weighted by Crippen LogP contribution is -2.49. The van der Waals surface area contributed by atoms with Gasteiger partial charge in [0, 0.05) is 19.3 Å². The van der Waals surface area contributed by atoms with Gasteiger partial charge in [0.2, 0.25) is 5.91 Å². The Kier molecular flexibility index (Phi) is 4.98. The van der Waals surface area contributed by atoms with Gasteiger partial charge >= 0.3 is 11.8 Å². The second-order valence-corrected chi connectivity index (χ2v) is 6.81. The van der Waals surface area contributed by atoms with E-state index in [1.807, 2.05) is 0 Å². The highest BCUT2D eigenvalue weighted by molar-refractivity contribution is 6.39. The fourth-order valence-electron chi connectivity index (χ4n) is 3.75. The molecule has 8 nitrogen and oxygen atoms in total. The number of anilines is 1. The Morgan fingerprint density at radius 2 is 2.00 bits per heavy atom. The summed E-state index contributed by atoms with van der Waals surface area (Å²) in [6, 6.07) is 1.38. The first kappa shape index (κ1) is 17.3. The molecule has 0 unspecified atom stereocenters. The summed E-state index contributed by atoms with van der Waals surface area (Å²) in [4.78, 5) is 41.2. The third-order valence-corrected chi connectivity index (χ3v) is 5.10. The monoisotopic (exact) mass is 346 g/mol. The van der Waals surface area contributed by atoms with E-state index in [4.69, 9.17) is 5.73 Å². The number of rotatable bonds is 2. The van der Waals surface area contributed by atoms with Gasteiger partial charge in [-0.2, -0.15) is 0 Å². The number of pyridine rings is 1. The lowest BCUT2D eigenvalue weighted by Gasteiger charge is -2.42. The smallest absolute Gasteiger partial charge is 0.313 e. The Bertz CT molecular complexity index is 693. The average Bonchev–Trinajstić information content (AvgIpc) is 2.60. The lowest BCUT2D eigenvalue weighted by molar-refractivity contribution is -0.145. The highest BCUT2D eigenvalue weighted by Gasteiger charge is 2.37. The first-order chi connectivity index (χ1) is 11.9. The highest BCUT2D eigenvalue weighted by Crippen LogP contribution is 2.36. The fraction of sp³-hybridized carbons (Fsp3) is 0.529. The number of primary amides is 1. The number of amides is 3. The van der Waals surface area contributed by atoms with Crippen LogP contribution in [0.4, 0.5) is 5.69 Å². The molecule has 0 aromatic carbocycles. The Hall–Kier alpha value is -2.48. The molecule has 0 radical (unpaired) electrons. The Morgan fingerprint density at radius 3 is 2.76 bits per heavy atom. The summed E-state index contributed by atoms with van der Waals surface area (Å²) in [5, 5.41) is 12.2. The standard InChI is InChI=1S/C17H22N4O4/c18-15(23)12-5-13(8-19-7-12)20-16(24)17(25)21-4-3-10-6-14(22)2-1-11(10)9-21/h5,7-8,10-11,14,22H,1-4,6,9H2,(H2,18,23)(H,20,24)/t10-,11+,14-/m0/s1. The second kappa shape index (κ2) is 7.18. The molecule has 4 N–H and O–H groups in total. The van der Waals surface area contributed by atoms with E-state index in [9.17, 15) is 19.5 Å². The minimum Gasteiger partial charge on any atom is -0.393 e. The van der Waals surface area contributed by atoms with E-state index in [1.54, 1.807) is 4.90 Å². The molecule has 1 aromatic heterocycles. The summed E-state index contributed by atoms with van der Waals surface area (Å²) in [5.41, 5.74) is 5.59. The summed E-state index contributed by atoms with van der Waals surface area (Å²) >= 11 is 0. The topological polar surface area (TPSA) is 126 Å². The van der Waals surface area contributed by atoms with Crippen LogP contribution in [0, 0.1) is 11.8 Å². The van der Waals surface area contributed by atoms with E-state index in [2.05, 4.69) is 10.3 Å². The summed E-state index contributed by atoms with van der Waals surface area (Å²) in [7, 11) is 0. The molecule has 2 aliphatic rings. The molecule has 3 atom stereocenters. The SMILES string of the molecule is NC(=O)c1cncc(NC(=O)C(=O)N2CC[C@H]3C[C@@H](O)CC[C@@H]3C2)c1.